The minimum absolute atomic E-state index is 0.0768. The van der Waals surface area contributed by atoms with Crippen LogP contribution >= 0.6 is 11.6 Å². The molecule has 0 aliphatic carbocycles. The van der Waals surface area contributed by atoms with Gasteiger partial charge in [0.1, 0.15) is 5.75 Å². The lowest BCUT2D eigenvalue weighted by Crippen LogP contribution is -2.24. The van der Waals surface area contributed by atoms with E-state index in [-0.39, 0.29) is 36.3 Å². The zero-order chi connectivity index (χ0) is 22.9. The number of anilines is 1. The SMILES string of the molecule is O=C1C[C@@H](C(=O)Nc2cc(-c3cccc(OC(F)(F)F)c3)n(-c3ccc(Cl)cc3)n2)CN1. The van der Waals surface area contributed by atoms with Crippen LogP contribution in [0.1, 0.15) is 6.42 Å². The van der Waals surface area contributed by atoms with Gasteiger partial charge in [0.25, 0.3) is 0 Å². The fraction of sp³-hybridized carbons (Fsp3) is 0.190. The first-order valence-corrected chi connectivity index (χ1v) is 9.85. The van der Waals surface area contributed by atoms with Gasteiger partial charge in [-0.1, -0.05) is 23.7 Å². The predicted octanol–water partition coefficient (Wildman–Crippen LogP) is 4.17. The van der Waals surface area contributed by atoms with Crippen LogP contribution in [0.15, 0.2) is 54.6 Å². The van der Waals surface area contributed by atoms with Gasteiger partial charge in [-0.25, -0.2) is 4.68 Å². The second-order valence-electron chi connectivity index (χ2n) is 7.07. The number of halogens is 4. The van der Waals surface area contributed by atoms with E-state index in [9.17, 15) is 22.8 Å². The molecule has 2 amide bonds. The summed E-state index contributed by atoms with van der Waals surface area (Å²) in [5.41, 5.74) is 1.37. The molecule has 4 rings (SSSR count). The molecule has 3 aromatic rings. The summed E-state index contributed by atoms with van der Waals surface area (Å²) in [6.45, 7) is 0.228. The summed E-state index contributed by atoms with van der Waals surface area (Å²) in [6, 6.07) is 13.6. The topological polar surface area (TPSA) is 85.2 Å². The molecule has 166 valence electrons. The Morgan fingerprint density at radius 2 is 1.94 bits per heavy atom. The largest absolute Gasteiger partial charge is 0.573 e. The normalized spacial score (nSPS) is 16.0. The molecule has 1 atom stereocenters. The number of alkyl halides is 3. The number of aromatic nitrogens is 2. The van der Waals surface area contributed by atoms with Gasteiger partial charge in [-0.05, 0) is 36.4 Å². The molecule has 1 aromatic heterocycles. The fourth-order valence-corrected chi connectivity index (χ4v) is 3.42. The van der Waals surface area contributed by atoms with E-state index in [4.69, 9.17) is 11.6 Å². The summed E-state index contributed by atoms with van der Waals surface area (Å²) >= 11 is 5.95. The highest BCUT2D eigenvalue weighted by molar-refractivity contribution is 6.30. The van der Waals surface area contributed by atoms with Gasteiger partial charge in [-0.2, -0.15) is 0 Å². The zero-order valence-corrected chi connectivity index (χ0v) is 17.1. The summed E-state index contributed by atoms with van der Waals surface area (Å²) in [4.78, 5) is 23.9. The Bertz CT molecular complexity index is 1160. The minimum atomic E-state index is -4.83. The first kappa shape index (κ1) is 21.7. The number of carbonyl (C=O) groups excluding carboxylic acids is 2. The van der Waals surface area contributed by atoms with Crippen molar-refractivity contribution in [1.29, 1.82) is 0 Å². The Labute approximate surface area is 185 Å². The van der Waals surface area contributed by atoms with Crippen LogP contribution in [-0.4, -0.2) is 34.5 Å². The second kappa shape index (κ2) is 8.54. The number of ether oxygens (including phenoxy) is 1. The number of hydrogen-bond acceptors (Lipinski definition) is 4. The van der Waals surface area contributed by atoms with E-state index in [0.29, 0.717) is 22.0 Å². The van der Waals surface area contributed by atoms with Gasteiger partial charge in [0.2, 0.25) is 11.8 Å². The molecule has 11 heteroatoms. The Kier molecular flexibility index (Phi) is 5.79. The maximum absolute atomic E-state index is 12.7. The minimum Gasteiger partial charge on any atom is -0.406 e. The molecular formula is C21H16ClF3N4O3. The van der Waals surface area contributed by atoms with Crippen molar-refractivity contribution in [2.75, 3.05) is 11.9 Å². The number of amides is 2. The molecule has 0 unspecified atom stereocenters. The average molecular weight is 465 g/mol. The third-order valence-corrected chi connectivity index (χ3v) is 5.00. The van der Waals surface area contributed by atoms with Gasteiger partial charge in [-0.15, -0.1) is 18.3 Å². The first-order chi connectivity index (χ1) is 15.2. The molecule has 7 nitrogen and oxygen atoms in total. The van der Waals surface area contributed by atoms with Crippen LogP contribution < -0.4 is 15.4 Å². The third kappa shape index (κ3) is 5.02. The molecule has 1 fully saturated rings. The van der Waals surface area contributed by atoms with Gasteiger partial charge >= 0.3 is 6.36 Å². The number of nitrogens with one attached hydrogen (secondary N) is 2. The number of hydrogen-bond donors (Lipinski definition) is 2. The van der Waals surface area contributed by atoms with Crippen molar-refractivity contribution in [3.05, 3.63) is 59.6 Å². The fourth-order valence-electron chi connectivity index (χ4n) is 3.30. The van der Waals surface area contributed by atoms with Crippen LogP contribution in [0.25, 0.3) is 16.9 Å². The molecule has 1 saturated heterocycles. The lowest BCUT2D eigenvalue weighted by molar-refractivity contribution is -0.274. The third-order valence-electron chi connectivity index (χ3n) is 4.74. The van der Waals surface area contributed by atoms with Crippen molar-refractivity contribution >= 4 is 29.2 Å². The Morgan fingerprint density at radius 1 is 1.19 bits per heavy atom. The summed E-state index contributed by atoms with van der Waals surface area (Å²) in [5, 5.41) is 10.1. The van der Waals surface area contributed by atoms with Gasteiger partial charge < -0.3 is 15.4 Å². The first-order valence-electron chi connectivity index (χ1n) is 9.48. The zero-order valence-electron chi connectivity index (χ0n) is 16.3. The van der Waals surface area contributed by atoms with Crippen LogP contribution in [0.4, 0.5) is 19.0 Å². The van der Waals surface area contributed by atoms with Crippen LogP contribution in [0.3, 0.4) is 0 Å². The van der Waals surface area contributed by atoms with Crippen LogP contribution in [0, 0.1) is 5.92 Å². The van der Waals surface area contributed by atoms with Crippen LogP contribution in [0.5, 0.6) is 5.75 Å². The monoisotopic (exact) mass is 464 g/mol. The van der Waals surface area contributed by atoms with Crippen molar-refractivity contribution < 1.29 is 27.5 Å². The quantitative estimate of drug-likeness (QED) is 0.593. The highest BCUT2D eigenvalue weighted by atomic mass is 35.5. The Balaban J connectivity index is 1.70. The van der Waals surface area contributed by atoms with E-state index < -0.39 is 12.3 Å². The van der Waals surface area contributed by atoms with E-state index >= 15 is 0 Å². The smallest absolute Gasteiger partial charge is 0.406 e. The van der Waals surface area contributed by atoms with E-state index in [2.05, 4.69) is 20.5 Å². The van der Waals surface area contributed by atoms with Gasteiger partial charge in [0.05, 0.1) is 17.3 Å². The molecule has 0 radical (unpaired) electrons. The van der Waals surface area contributed by atoms with Crippen LogP contribution in [-0.2, 0) is 9.59 Å². The number of benzene rings is 2. The summed E-state index contributed by atoms with van der Waals surface area (Å²) in [5.74, 6) is -1.33. The lowest BCUT2D eigenvalue weighted by Gasteiger charge is -2.11. The van der Waals surface area contributed by atoms with Gasteiger partial charge in [0.15, 0.2) is 5.82 Å². The number of rotatable bonds is 5. The standard InChI is InChI=1S/C21H16ClF3N4O3/c22-14-4-6-15(7-5-14)29-17(12-2-1-3-16(8-12)32-21(23,24)25)10-18(28-29)27-20(31)13-9-19(30)26-11-13/h1-8,10,13H,9,11H2,(H,26,30)(H,27,28,31)/t13-/m1/s1. The molecule has 0 bridgehead atoms. The van der Waals surface area contributed by atoms with Crippen molar-refractivity contribution in [3.8, 4) is 22.7 Å². The van der Waals surface area contributed by atoms with Gasteiger partial charge in [0, 0.05) is 29.6 Å². The Hall–Kier alpha value is -3.53. The highest BCUT2D eigenvalue weighted by Crippen LogP contribution is 2.31. The summed E-state index contributed by atoms with van der Waals surface area (Å²) in [7, 11) is 0. The molecule has 1 aliphatic rings. The van der Waals surface area contributed by atoms with E-state index in [1.54, 1.807) is 30.3 Å². The van der Waals surface area contributed by atoms with Crippen molar-refractivity contribution in [2.24, 2.45) is 5.92 Å². The second-order valence-corrected chi connectivity index (χ2v) is 7.51. The van der Waals surface area contributed by atoms with E-state index in [1.165, 1.54) is 28.9 Å². The maximum atomic E-state index is 12.7. The summed E-state index contributed by atoms with van der Waals surface area (Å²) < 4.78 is 43.4. The predicted molar refractivity (Wildman–Crippen MR) is 110 cm³/mol. The summed E-state index contributed by atoms with van der Waals surface area (Å²) in [6.07, 6.45) is -4.76. The molecule has 2 heterocycles. The lowest BCUT2D eigenvalue weighted by atomic mass is 10.1. The average Bonchev–Trinajstić information content (AvgIpc) is 3.34. The van der Waals surface area contributed by atoms with Crippen molar-refractivity contribution in [2.45, 2.75) is 12.8 Å². The van der Waals surface area contributed by atoms with Crippen LogP contribution in [0.2, 0.25) is 5.02 Å². The molecule has 1 aliphatic heterocycles. The Morgan fingerprint density at radius 3 is 2.59 bits per heavy atom. The molecule has 2 aromatic carbocycles. The number of nitrogens with zero attached hydrogens (tertiary/aromatic N) is 2. The van der Waals surface area contributed by atoms with E-state index in [1.807, 2.05) is 0 Å². The molecular weight excluding hydrogens is 449 g/mol. The molecule has 0 saturated carbocycles. The highest BCUT2D eigenvalue weighted by Gasteiger charge is 2.31. The molecule has 32 heavy (non-hydrogen) atoms. The van der Waals surface area contributed by atoms with Gasteiger partial charge in [-0.3, -0.25) is 9.59 Å². The maximum Gasteiger partial charge on any atom is 0.573 e. The molecule has 2 N–H and O–H groups in total. The molecule has 0 spiro atoms. The number of carbonyl (C=O) groups is 2. The van der Waals surface area contributed by atoms with Crippen molar-refractivity contribution in [3.63, 3.8) is 0 Å². The van der Waals surface area contributed by atoms with Crippen molar-refractivity contribution in [1.82, 2.24) is 15.1 Å². The van der Waals surface area contributed by atoms with E-state index in [0.717, 1.165) is 0 Å².